The molecule has 2 aromatic rings. The number of hydrogen-bond acceptors (Lipinski definition) is 5. The maximum Gasteiger partial charge on any atom is 0.232 e. The third-order valence-electron chi connectivity index (χ3n) is 6.52. The number of rotatable bonds is 6. The summed E-state index contributed by atoms with van der Waals surface area (Å²) >= 11 is 0. The molecule has 2 aliphatic rings. The lowest BCUT2D eigenvalue weighted by molar-refractivity contribution is -0.125. The average molecular weight is 411 g/mol. The summed E-state index contributed by atoms with van der Waals surface area (Å²) in [6, 6.07) is 9.48. The molecule has 2 N–H and O–H groups in total. The smallest absolute Gasteiger partial charge is 0.232 e. The molecule has 0 aliphatic heterocycles. The minimum absolute atomic E-state index is 0.00757. The highest BCUT2D eigenvalue weighted by atomic mass is 16.5. The van der Waals surface area contributed by atoms with Crippen molar-refractivity contribution < 1.29 is 14.1 Å². The zero-order valence-electron chi connectivity index (χ0n) is 17.5. The van der Waals surface area contributed by atoms with Crippen LogP contribution < -0.4 is 10.6 Å². The van der Waals surface area contributed by atoms with Gasteiger partial charge in [-0.15, -0.1) is 0 Å². The lowest BCUT2D eigenvalue weighted by Crippen LogP contribution is -2.38. The highest BCUT2D eigenvalue weighted by molar-refractivity contribution is 5.80. The van der Waals surface area contributed by atoms with Crippen LogP contribution in [0.25, 0.3) is 11.4 Å². The Kier molecular flexibility index (Phi) is 6.45. The molecule has 7 heteroatoms. The van der Waals surface area contributed by atoms with Crippen molar-refractivity contribution in [3.8, 4) is 11.4 Å². The van der Waals surface area contributed by atoms with Crippen LogP contribution in [0.15, 0.2) is 34.9 Å². The van der Waals surface area contributed by atoms with E-state index in [0.29, 0.717) is 36.9 Å². The van der Waals surface area contributed by atoms with Crippen molar-refractivity contribution in [2.75, 3.05) is 7.05 Å². The maximum atomic E-state index is 12.7. The average Bonchev–Trinajstić information content (AvgIpc) is 3.42. The van der Waals surface area contributed by atoms with Crippen molar-refractivity contribution >= 4 is 11.8 Å². The van der Waals surface area contributed by atoms with Crippen LogP contribution in [0.4, 0.5) is 0 Å². The Hall–Kier alpha value is -2.70. The van der Waals surface area contributed by atoms with Gasteiger partial charge in [-0.2, -0.15) is 4.98 Å². The van der Waals surface area contributed by atoms with Gasteiger partial charge in [-0.05, 0) is 31.6 Å². The summed E-state index contributed by atoms with van der Waals surface area (Å²) in [6.45, 7) is 0. The number of nitrogens with zero attached hydrogens (tertiary/aromatic N) is 2. The molecule has 1 heterocycles. The molecule has 0 bridgehead atoms. The summed E-state index contributed by atoms with van der Waals surface area (Å²) in [5.74, 6) is 1.22. The molecule has 2 fully saturated rings. The maximum absolute atomic E-state index is 12.7. The number of hydrogen-bond donors (Lipinski definition) is 2. The normalized spacial score (nSPS) is 24.5. The molecule has 4 rings (SSSR count). The van der Waals surface area contributed by atoms with E-state index in [0.717, 1.165) is 18.4 Å². The zero-order chi connectivity index (χ0) is 20.9. The molecule has 0 saturated heterocycles. The number of carbonyl (C=O) groups excluding carboxylic acids is 2. The van der Waals surface area contributed by atoms with Crippen LogP contribution in [0.5, 0.6) is 0 Å². The fourth-order valence-corrected chi connectivity index (χ4v) is 4.90. The highest BCUT2D eigenvalue weighted by Gasteiger charge is 2.42. The molecule has 0 radical (unpaired) electrons. The van der Waals surface area contributed by atoms with Gasteiger partial charge >= 0.3 is 0 Å². The predicted octanol–water partition coefficient (Wildman–Crippen LogP) is 3.43. The molecule has 2 amide bonds. The van der Waals surface area contributed by atoms with Crippen LogP contribution >= 0.6 is 0 Å². The molecule has 0 spiro atoms. The second kappa shape index (κ2) is 9.41. The van der Waals surface area contributed by atoms with E-state index >= 15 is 0 Å². The lowest BCUT2D eigenvalue weighted by Gasteiger charge is -2.23. The van der Waals surface area contributed by atoms with E-state index < -0.39 is 0 Å². The first kappa shape index (κ1) is 20.6. The van der Waals surface area contributed by atoms with Crippen LogP contribution in [-0.4, -0.2) is 35.0 Å². The minimum Gasteiger partial charge on any atom is -0.359 e. The topological polar surface area (TPSA) is 97.1 Å². The van der Waals surface area contributed by atoms with Crippen LogP contribution in [0.1, 0.15) is 63.2 Å². The number of amides is 2. The Labute approximate surface area is 177 Å². The number of nitrogens with one attached hydrogen (secondary N) is 2. The van der Waals surface area contributed by atoms with Crippen molar-refractivity contribution in [2.45, 2.75) is 63.3 Å². The van der Waals surface area contributed by atoms with Gasteiger partial charge in [0.05, 0.1) is 5.92 Å². The second-order valence-electron chi connectivity index (χ2n) is 8.59. The summed E-state index contributed by atoms with van der Waals surface area (Å²) in [5, 5.41) is 10.0. The quantitative estimate of drug-likeness (QED) is 0.760. The van der Waals surface area contributed by atoms with Gasteiger partial charge in [0.1, 0.15) is 0 Å². The first-order chi connectivity index (χ1) is 14.6. The molecule has 1 aromatic heterocycles. The first-order valence-electron chi connectivity index (χ1n) is 11.0. The summed E-state index contributed by atoms with van der Waals surface area (Å²) in [7, 11) is 1.65. The van der Waals surface area contributed by atoms with E-state index in [4.69, 9.17) is 4.52 Å². The van der Waals surface area contributed by atoms with Gasteiger partial charge < -0.3 is 15.2 Å². The number of benzene rings is 1. The Bertz CT molecular complexity index is 860. The van der Waals surface area contributed by atoms with Gasteiger partial charge in [0.15, 0.2) is 0 Å². The lowest BCUT2D eigenvalue weighted by atomic mass is 9.86. The van der Waals surface area contributed by atoms with Gasteiger partial charge in [0.2, 0.25) is 23.5 Å². The van der Waals surface area contributed by atoms with Crippen molar-refractivity contribution in [1.29, 1.82) is 0 Å². The van der Waals surface area contributed by atoms with Crippen molar-refractivity contribution in [3.63, 3.8) is 0 Å². The van der Waals surface area contributed by atoms with Gasteiger partial charge in [0.25, 0.3) is 0 Å². The minimum atomic E-state index is -0.174. The van der Waals surface area contributed by atoms with Crippen LogP contribution in [0.3, 0.4) is 0 Å². The van der Waals surface area contributed by atoms with E-state index in [2.05, 4.69) is 20.8 Å². The van der Waals surface area contributed by atoms with Crippen LogP contribution in [0, 0.1) is 11.8 Å². The molecule has 7 nitrogen and oxygen atoms in total. The number of carbonyl (C=O) groups is 2. The molecule has 3 atom stereocenters. The zero-order valence-corrected chi connectivity index (χ0v) is 17.5. The molecule has 2 aliphatic carbocycles. The molecule has 3 unspecified atom stereocenters. The Balaban J connectivity index is 1.48. The van der Waals surface area contributed by atoms with E-state index in [1.54, 1.807) is 7.05 Å². The highest BCUT2D eigenvalue weighted by Crippen LogP contribution is 2.39. The molecule has 2 saturated carbocycles. The Morgan fingerprint density at radius 3 is 2.60 bits per heavy atom. The van der Waals surface area contributed by atoms with E-state index in [-0.39, 0.29) is 29.7 Å². The summed E-state index contributed by atoms with van der Waals surface area (Å²) in [5.41, 5.74) is 0.881. The van der Waals surface area contributed by atoms with Crippen LogP contribution in [-0.2, 0) is 9.59 Å². The van der Waals surface area contributed by atoms with E-state index in [9.17, 15) is 9.59 Å². The predicted molar refractivity (Wildman–Crippen MR) is 112 cm³/mol. The third-order valence-corrected chi connectivity index (χ3v) is 6.52. The fourth-order valence-electron chi connectivity index (χ4n) is 4.90. The van der Waals surface area contributed by atoms with Gasteiger partial charge in [0, 0.05) is 31.0 Å². The van der Waals surface area contributed by atoms with Crippen LogP contribution in [0.2, 0.25) is 0 Å². The Morgan fingerprint density at radius 1 is 1.10 bits per heavy atom. The molecular formula is C23H30N4O3. The molecule has 30 heavy (non-hydrogen) atoms. The fraction of sp³-hybridized carbons (Fsp3) is 0.565. The largest absolute Gasteiger partial charge is 0.359 e. The van der Waals surface area contributed by atoms with Gasteiger partial charge in [-0.1, -0.05) is 54.8 Å². The van der Waals surface area contributed by atoms with Crippen molar-refractivity contribution in [2.24, 2.45) is 11.8 Å². The van der Waals surface area contributed by atoms with Gasteiger partial charge in [-0.25, -0.2) is 0 Å². The van der Waals surface area contributed by atoms with Crippen molar-refractivity contribution in [3.05, 3.63) is 36.2 Å². The Morgan fingerprint density at radius 2 is 1.87 bits per heavy atom. The van der Waals surface area contributed by atoms with Gasteiger partial charge in [-0.3, -0.25) is 9.59 Å². The molecule has 160 valence electrons. The first-order valence-corrected chi connectivity index (χ1v) is 11.0. The SMILES string of the molecule is CNC(=O)C1CC(NC(=O)CC2CCCCC2)C(c2nc(-c3ccccc3)no2)C1. The van der Waals surface area contributed by atoms with E-state index in [1.165, 1.54) is 19.3 Å². The standard InChI is InChI=1S/C23H30N4O3/c1-24-22(29)17-13-18(23-26-21(27-30-23)16-10-6-3-7-11-16)19(14-17)25-20(28)12-15-8-4-2-5-9-15/h3,6-7,10-11,15,17-19H,2,4-5,8-9,12-14H2,1H3,(H,24,29)(H,25,28). The summed E-state index contributed by atoms with van der Waals surface area (Å²) in [6.07, 6.45) is 7.71. The van der Waals surface area contributed by atoms with E-state index in [1.807, 2.05) is 30.3 Å². The molecule has 1 aromatic carbocycles. The monoisotopic (exact) mass is 410 g/mol. The second-order valence-corrected chi connectivity index (χ2v) is 8.59. The number of aromatic nitrogens is 2. The summed E-state index contributed by atoms with van der Waals surface area (Å²) in [4.78, 5) is 29.6. The van der Waals surface area contributed by atoms with Crippen molar-refractivity contribution in [1.82, 2.24) is 20.8 Å². The molecular weight excluding hydrogens is 380 g/mol. The summed E-state index contributed by atoms with van der Waals surface area (Å²) < 4.78 is 5.58. The third kappa shape index (κ3) is 4.71.